The Balaban J connectivity index is 0.000000379. The fourth-order valence-corrected chi connectivity index (χ4v) is 2.15. The molecule has 0 N–H and O–H groups in total. The lowest BCUT2D eigenvalue weighted by atomic mass is 9.98. The van der Waals surface area contributed by atoms with Gasteiger partial charge < -0.3 is 9.04 Å². The number of hydrogen-bond donors (Lipinski definition) is 0. The molecule has 2 aromatic carbocycles. The first-order valence-corrected chi connectivity index (χ1v) is 8.13. The maximum Gasteiger partial charge on any atom is 0.217 e. The standard InChI is InChI=1S/C15H17N2.CH4O4S/c1-17(2,3)15(11-16)14-10-6-8-12-7-4-5-9-13(12)14;1-5-6(2,3)4/h4-10,15H,1-3H3;1H3,(H,2,3,4)/q+1;/p-1. The molecule has 1 unspecified atom stereocenters. The lowest BCUT2D eigenvalue weighted by Gasteiger charge is -2.30. The zero-order valence-electron chi connectivity index (χ0n) is 13.6. The minimum absolute atomic E-state index is 0.138. The zero-order valence-corrected chi connectivity index (χ0v) is 14.4. The number of rotatable bonds is 3. The zero-order chi connectivity index (χ0) is 17.7. The van der Waals surface area contributed by atoms with Gasteiger partial charge in [0.15, 0.2) is 0 Å². The number of nitriles is 1. The molecule has 2 aromatic rings. The van der Waals surface area contributed by atoms with Gasteiger partial charge in [-0.15, -0.1) is 0 Å². The SMILES string of the molecule is COS(=O)(=O)[O-].C[N+](C)(C)C(C#N)c1cccc2ccccc12. The summed E-state index contributed by atoms with van der Waals surface area (Å²) >= 11 is 0. The number of fused-ring (bicyclic) bond motifs is 1. The van der Waals surface area contributed by atoms with E-state index in [0.29, 0.717) is 4.48 Å². The minimum atomic E-state index is -4.41. The van der Waals surface area contributed by atoms with Crippen LogP contribution < -0.4 is 0 Å². The quantitative estimate of drug-likeness (QED) is 0.487. The summed E-state index contributed by atoms with van der Waals surface area (Å²) < 4.78 is 31.6. The van der Waals surface area contributed by atoms with E-state index in [4.69, 9.17) is 0 Å². The fraction of sp³-hybridized carbons (Fsp3) is 0.312. The van der Waals surface area contributed by atoms with Gasteiger partial charge in [0.1, 0.15) is 6.07 Å². The van der Waals surface area contributed by atoms with E-state index in [-0.39, 0.29) is 6.04 Å². The molecular formula is C16H20N2O4S. The molecule has 0 heterocycles. The monoisotopic (exact) mass is 336 g/mol. The third-order valence-electron chi connectivity index (χ3n) is 3.22. The van der Waals surface area contributed by atoms with Gasteiger partial charge in [-0.1, -0.05) is 42.5 Å². The van der Waals surface area contributed by atoms with Gasteiger partial charge in [-0.2, -0.15) is 5.26 Å². The Morgan fingerprint density at radius 1 is 1.13 bits per heavy atom. The van der Waals surface area contributed by atoms with Crippen LogP contribution in [0.5, 0.6) is 0 Å². The number of hydrogen-bond acceptors (Lipinski definition) is 5. The van der Waals surface area contributed by atoms with Crippen LogP contribution in [0.15, 0.2) is 42.5 Å². The van der Waals surface area contributed by atoms with Crippen LogP contribution in [-0.4, -0.2) is 45.7 Å². The molecule has 0 aliphatic rings. The predicted octanol–water partition coefficient (Wildman–Crippen LogP) is 2.20. The summed E-state index contributed by atoms with van der Waals surface area (Å²) in [5.41, 5.74) is 1.11. The molecule has 7 heteroatoms. The van der Waals surface area contributed by atoms with Gasteiger partial charge in [-0.05, 0) is 10.8 Å². The Bertz CT molecular complexity index is 799. The van der Waals surface area contributed by atoms with Gasteiger partial charge in [0, 0.05) is 5.56 Å². The average molecular weight is 336 g/mol. The summed E-state index contributed by atoms with van der Waals surface area (Å²) in [6.07, 6.45) is 0. The summed E-state index contributed by atoms with van der Waals surface area (Å²) in [5, 5.41) is 11.8. The van der Waals surface area contributed by atoms with Crippen molar-refractivity contribution in [3.05, 3.63) is 48.0 Å². The van der Waals surface area contributed by atoms with Crippen LogP contribution >= 0.6 is 0 Å². The molecule has 2 rings (SSSR count). The number of quaternary nitrogens is 1. The molecule has 0 aliphatic heterocycles. The van der Waals surface area contributed by atoms with Crippen molar-refractivity contribution in [3.63, 3.8) is 0 Å². The molecule has 0 saturated heterocycles. The van der Waals surface area contributed by atoms with Crippen LogP contribution in [0.2, 0.25) is 0 Å². The van der Waals surface area contributed by atoms with Gasteiger partial charge >= 0.3 is 0 Å². The van der Waals surface area contributed by atoms with Crippen LogP contribution in [-0.2, 0) is 14.6 Å². The van der Waals surface area contributed by atoms with Crippen LogP contribution in [0.4, 0.5) is 0 Å². The molecule has 0 aliphatic carbocycles. The van der Waals surface area contributed by atoms with Gasteiger partial charge in [0.25, 0.3) is 0 Å². The van der Waals surface area contributed by atoms with Crippen molar-refractivity contribution in [2.24, 2.45) is 0 Å². The minimum Gasteiger partial charge on any atom is -0.726 e. The van der Waals surface area contributed by atoms with Gasteiger partial charge in [-0.3, -0.25) is 4.18 Å². The highest BCUT2D eigenvalue weighted by Crippen LogP contribution is 2.29. The van der Waals surface area contributed by atoms with E-state index >= 15 is 0 Å². The molecule has 124 valence electrons. The summed E-state index contributed by atoms with van der Waals surface area (Å²) in [5.74, 6) is 0. The van der Waals surface area contributed by atoms with Crippen molar-refractivity contribution in [2.75, 3.05) is 28.3 Å². The molecule has 0 saturated carbocycles. The Morgan fingerprint density at radius 2 is 1.65 bits per heavy atom. The van der Waals surface area contributed by atoms with E-state index in [1.165, 1.54) is 10.8 Å². The molecule has 0 spiro atoms. The molecule has 0 aromatic heterocycles. The normalized spacial score (nSPS) is 12.9. The van der Waals surface area contributed by atoms with E-state index in [1.54, 1.807) is 0 Å². The summed E-state index contributed by atoms with van der Waals surface area (Å²) in [6, 6.07) is 16.7. The molecule has 1 atom stereocenters. The number of benzene rings is 2. The average Bonchev–Trinajstić information content (AvgIpc) is 2.47. The van der Waals surface area contributed by atoms with Gasteiger partial charge in [-0.25, -0.2) is 8.42 Å². The maximum atomic E-state index is 9.41. The second kappa shape index (κ2) is 7.53. The van der Waals surface area contributed by atoms with E-state index in [1.807, 2.05) is 18.2 Å². The Morgan fingerprint density at radius 3 is 2.13 bits per heavy atom. The fourth-order valence-electron chi connectivity index (χ4n) is 2.15. The van der Waals surface area contributed by atoms with E-state index in [2.05, 4.69) is 55.7 Å². The van der Waals surface area contributed by atoms with Crippen LogP contribution in [0.3, 0.4) is 0 Å². The van der Waals surface area contributed by atoms with Crippen molar-refractivity contribution >= 4 is 21.2 Å². The molecular weight excluding hydrogens is 316 g/mol. The molecule has 0 bridgehead atoms. The first-order chi connectivity index (χ1) is 10.6. The second-order valence-electron chi connectivity index (χ2n) is 5.79. The smallest absolute Gasteiger partial charge is 0.217 e. The van der Waals surface area contributed by atoms with E-state index in [0.717, 1.165) is 12.7 Å². The largest absolute Gasteiger partial charge is 0.726 e. The van der Waals surface area contributed by atoms with Gasteiger partial charge in [0.2, 0.25) is 16.4 Å². The maximum absolute atomic E-state index is 9.41. The summed E-state index contributed by atoms with van der Waals surface area (Å²) in [4.78, 5) is 0. The van der Waals surface area contributed by atoms with Crippen molar-refractivity contribution < 1.29 is 21.6 Å². The van der Waals surface area contributed by atoms with Crippen LogP contribution in [0, 0.1) is 11.3 Å². The molecule has 23 heavy (non-hydrogen) atoms. The van der Waals surface area contributed by atoms with Crippen LogP contribution in [0.25, 0.3) is 10.8 Å². The first-order valence-electron chi connectivity index (χ1n) is 6.80. The third-order valence-corrected chi connectivity index (χ3v) is 3.63. The highest BCUT2D eigenvalue weighted by Gasteiger charge is 2.26. The molecule has 0 amide bonds. The Hall–Kier alpha value is -1.98. The van der Waals surface area contributed by atoms with Crippen molar-refractivity contribution in [1.82, 2.24) is 0 Å². The Kier molecular flexibility index (Phi) is 6.24. The number of nitrogens with zero attached hydrogens (tertiary/aromatic N) is 2. The van der Waals surface area contributed by atoms with Crippen molar-refractivity contribution in [1.29, 1.82) is 5.26 Å². The second-order valence-corrected chi connectivity index (χ2v) is 6.94. The summed E-state index contributed by atoms with van der Waals surface area (Å²) in [6.45, 7) is 0. The summed E-state index contributed by atoms with van der Waals surface area (Å²) in [7, 11) is 2.55. The van der Waals surface area contributed by atoms with E-state index in [9.17, 15) is 18.2 Å². The third kappa shape index (κ3) is 5.62. The molecule has 6 nitrogen and oxygen atoms in total. The first kappa shape index (κ1) is 19.1. The van der Waals surface area contributed by atoms with Crippen molar-refractivity contribution in [3.8, 4) is 6.07 Å². The van der Waals surface area contributed by atoms with E-state index < -0.39 is 10.4 Å². The van der Waals surface area contributed by atoms with Gasteiger partial charge in [0.05, 0.1) is 28.3 Å². The van der Waals surface area contributed by atoms with Crippen LogP contribution in [0.1, 0.15) is 11.6 Å². The lowest BCUT2D eigenvalue weighted by Crippen LogP contribution is -2.38. The predicted molar refractivity (Wildman–Crippen MR) is 87.0 cm³/mol. The topological polar surface area (TPSA) is 90.2 Å². The van der Waals surface area contributed by atoms with Crippen molar-refractivity contribution in [2.45, 2.75) is 6.04 Å². The highest BCUT2D eigenvalue weighted by molar-refractivity contribution is 7.80. The highest BCUT2D eigenvalue weighted by atomic mass is 32.3. The Labute approximate surface area is 137 Å². The molecule has 0 radical (unpaired) electrons. The lowest BCUT2D eigenvalue weighted by molar-refractivity contribution is -0.893. The molecule has 0 fully saturated rings.